The van der Waals surface area contributed by atoms with E-state index in [0.717, 1.165) is 44.7 Å². The van der Waals surface area contributed by atoms with E-state index in [4.69, 9.17) is 26.4 Å². The second-order valence-electron chi connectivity index (χ2n) is 18.5. The molecule has 0 amide bonds. The lowest BCUT2D eigenvalue weighted by atomic mass is 9.79. The van der Waals surface area contributed by atoms with Gasteiger partial charge in [0.1, 0.15) is 10.9 Å². The van der Waals surface area contributed by atoms with Crippen LogP contribution >= 0.6 is 19.5 Å². The molecule has 2 aromatic heterocycles. The van der Waals surface area contributed by atoms with E-state index in [9.17, 15) is 0 Å². The predicted octanol–water partition coefficient (Wildman–Crippen LogP) is 14.8. The number of ether oxygens (including phenoxy) is 1. The summed E-state index contributed by atoms with van der Waals surface area (Å²) in [4.78, 5) is 8.53. The Labute approximate surface area is 411 Å². The molecule has 68 heavy (non-hydrogen) atoms. The van der Waals surface area contributed by atoms with Gasteiger partial charge in [-0.15, -0.1) is 0 Å². The molecule has 0 atom stereocenters. The van der Waals surface area contributed by atoms with Gasteiger partial charge in [0.25, 0.3) is 0 Å². The molecule has 2 aliphatic rings. The number of methoxy groups -OCH3 is 1. The molecule has 2 saturated carbocycles. The van der Waals surface area contributed by atoms with Crippen molar-refractivity contribution < 1.29 is 14.8 Å². The van der Waals surface area contributed by atoms with Crippen LogP contribution in [0.3, 0.4) is 0 Å². The third kappa shape index (κ3) is 13.2. The van der Waals surface area contributed by atoms with Gasteiger partial charge in [0.15, 0.2) is 0 Å². The molecule has 0 radical (unpaired) electrons. The normalized spacial score (nSPS) is 14.0. The minimum atomic E-state index is -1.35. The van der Waals surface area contributed by atoms with Crippen LogP contribution < -0.4 is 15.5 Å². The van der Waals surface area contributed by atoms with E-state index in [0.29, 0.717) is 10.6 Å². The van der Waals surface area contributed by atoms with Crippen LogP contribution in [0, 0.1) is 34.6 Å². The fraction of sp³-hybridized carbons (Fsp3) is 0.300. The Balaban J connectivity index is 0.000000146. The average Bonchev–Trinajstić information content (AvgIpc) is 3.35. The van der Waals surface area contributed by atoms with Crippen molar-refractivity contribution in [1.29, 1.82) is 0 Å². The number of hydrogen-bond donors (Lipinski definition) is 2. The molecule has 2 heterocycles. The topological polar surface area (TPSA) is 75.5 Å². The largest absolute Gasteiger partial charge is 0.496 e. The van der Waals surface area contributed by atoms with E-state index in [-0.39, 0.29) is 7.92 Å². The molecular weight excluding hydrogens is 874 g/mol. The van der Waals surface area contributed by atoms with E-state index >= 15 is 0 Å². The maximum absolute atomic E-state index is 8.83. The zero-order valence-electron chi connectivity index (χ0n) is 40.8. The first-order valence-electron chi connectivity index (χ1n) is 24.4. The van der Waals surface area contributed by atoms with Gasteiger partial charge in [-0.3, -0.25) is 4.98 Å². The van der Waals surface area contributed by atoms with Crippen molar-refractivity contribution in [2.24, 2.45) is 0 Å². The molecule has 0 saturated heterocycles. The number of hydrogen-bond acceptors (Lipinski definition) is 5. The Morgan fingerprint density at radius 3 is 1.65 bits per heavy atom. The van der Waals surface area contributed by atoms with Crippen LogP contribution in [0.25, 0.3) is 43.9 Å². The third-order valence-corrected chi connectivity index (χ3v) is 17.0. The molecule has 2 fully saturated rings. The first kappa shape index (κ1) is 50.5. The number of nitrogens with zero attached hydrogens (tertiary/aromatic N) is 2. The maximum Gasteiger partial charge on any atom is 0.488 e. The van der Waals surface area contributed by atoms with Gasteiger partial charge >= 0.3 is 7.12 Å². The Morgan fingerprint density at radius 1 is 0.559 bits per heavy atom. The lowest BCUT2D eigenvalue weighted by Crippen LogP contribution is -2.30. The molecule has 8 aromatic rings. The molecule has 350 valence electrons. The van der Waals surface area contributed by atoms with Crippen LogP contribution in [-0.2, 0) is 0 Å². The van der Waals surface area contributed by atoms with Gasteiger partial charge in [-0.1, -0.05) is 189 Å². The van der Waals surface area contributed by atoms with E-state index in [1.165, 1.54) is 108 Å². The van der Waals surface area contributed by atoms with Gasteiger partial charge in [-0.05, 0) is 135 Å². The number of benzene rings is 6. The lowest BCUT2D eigenvalue weighted by molar-refractivity contribution is 0.416. The van der Waals surface area contributed by atoms with E-state index in [1.54, 1.807) is 23.6 Å². The molecule has 2 N–H and O–H groups in total. The zero-order chi connectivity index (χ0) is 48.0. The van der Waals surface area contributed by atoms with E-state index < -0.39 is 7.12 Å². The quantitative estimate of drug-likeness (QED) is 0.0946. The fourth-order valence-corrected chi connectivity index (χ4v) is 14.4. The van der Waals surface area contributed by atoms with Gasteiger partial charge in [-0.2, -0.15) is 0 Å². The molecule has 0 spiro atoms. The Kier molecular flexibility index (Phi) is 18.4. The summed E-state index contributed by atoms with van der Waals surface area (Å²) >= 11 is 5.85. The van der Waals surface area contributed by atoms with Crippen molar-refractivity contribution in [2.75, 3.05) is 7.11 Å². The Morgan fingerprint density at radius 2 is 1.07 bits per heavy atom. The highest BCUT2D eigenvalue weighted by Gasteiger charge is 2.34. The van der Waals surface area contributed by atoms with Gasteiger partial charge in [0.05, 0.1) is 12.8 Å². The van der Waals surface area contributed by atoms with Crippen LogP contribution in [0.4, 0.5) is 0 Å². The summed E-state index contributed by atoms with van der Waals surface area (Å²) in [6.45, 7) is 10.3. The van der Waals surface area contributed by atoms with Gasteiger partial charge in [0.2, 0.25) is 0 Å². The molecule has 0 bridgehead atoms. The fourth-order valence-electron chi connectivity index (χ4n) is 10.2. The molecule has 0 aliphatic heterocycles. The Bertz CT molecular complexity index is 2820. The van der Waals surface area contributed by atoms with Crippen LogP contribution in [0.2, 0.25) is 5.15 Å². The molecular formula is C60H67BClN2O3P. The summed E-state index contributed by atoms with van der Waals surface area (Å²) in [6.07, 6.45) is 18.0. The minimum absolute atomic E-state index is 0.122. The first-order chi connectivity index (χ1) is 33.0. The van der Waals surface area contributed by atoms with Crippen molar-refractivity contribution in [3.05, 3.63) is 185 Å². The standard InChI is InChI=1S/C26H35OP.C17H15N.C9H6ClN.C8H11BO2/c1-20-12-11-18-24(27-2)26(20)23-17-9-10-19-25(23)28(21-13-5-3-6-14-21)22-15-7-4-8-16-22;1-12-9-13(2)11-15(10-12)17-16-6-4-3-5-14(16)7-8-18-17;10-9-8-4-2-1-3-7(8)5-6-11-9;1-6-3-7(2)5-8(4-6)9(10)11/h9-12,17-19,21-22H,3-8,13-16H2,1-2H3;3-11H,1-2H3;1-6H;3-5,10-11H,1-2H3. The van der Waals surface area contributed by atoms with Crippen LogP contribution in [0.5, 0.6) is 5.75 Å². The highest BCUT2D eigenvalue weighted by atomic mass is 35.5. The van der Waals surface area contributed by atoms with Crippen LogP contribution in [0.15, 0.2) is 152 Å². The predicted molar refractivity (Wildman–Crippen MR) is 293 cm³/mol. The Hall–Kier alpha value is -5.36. The summed E-state index contributed by atoms with van der Waals surface area (Å²) in [6, 6.07) is 48.2. The second kappa shape index (κ2) is 24.8. The molecule has 8 heteroatoms. The van der Waals surface area contributed by atoms with Gasteiger partial charge in [-0.25, -0.2) is 4.98 Å². The molecule has 0 unspecified atom stereocenters. The number of fused-ring (bicyclic) bond motifs is 2. The van der Waals surface area contributed by atoms with Crippen molar-refractivity contribution in [3.63, 3.8) is 0 Å². The van der Waals surface area contributed by atoms with E-state index in [1.807, 2.05) is 63.6 Å². The number of aromatic nitrogens is 2. The number of halogens is 1. The van der Waals surface area contributed by atoms with Crippen molar-refractivity contribution >= 4 is 59.0 Å². The highest BCUT2D eigenvalue weighted by molar-refractivity contribution is 7.67. The molecule has 6 aromatic carbocycles. The maximum atomic E-state index is 8.83. The first-order valence-corrected chi connectivity index (χ1v) is 26.2. The van der Waals surface area contributed by atoms with Crippen LogP contribution in [0.1, 0.15) is 92.0 Å². The van der Waals surface area contributed by atoms with Crippen molar-refractivity contribution in [2.45, 2.75) is 110 Å². The smallest absolute Gasteiger partial charge is 0.488 e. The number of aryl methyl sites for hydroxylation is 5. The highest BCUT2D eigenvalue weighted by Crippen LogP contribution is 2.56. The van der Waals surface area contributed by atoms with Gasteiger partial charge < -0.3 is 14.8 Å². The third-order valence-electron chi connectivity index (χ3n) is 13.2. The summed E-state index contributed by atoms with van der Waals surface area (Å²) in [7, 11) is 0.336. The monoisotopic (exact) mass is 940 g/mol. The minimum Gasteiger partial charge on any atom is -0.496 e. The summed E-state index contributed by atoms with van der Waals surface area (Å²) in [5.74, 6) is 1.02. The molecule has 10 rings (SSSR count). The molecule has 5 nitrogen and oxygen atoms in total. The SMILES string of the molecule is COc1cccc(C)c1-c1ccccc1P(C1CCCCC1)C1CCCCC1.Cc1cc(C)cc(-c2nccc3ccccc23)c1.Cc1cc(C)cc(B(O)O)c1.Clc1nccc2ccccc12. The molecule has 2 aliphatic carbocycles. The summed E-state index contributed by atoms with van der Waals surface area (Å²) in [5.41, 5.74) is 13.4. The number of pyridine rings is 2. The zero-order valence-corrected chi connectivity index (χ0v) is 42.4. The van der Waals surface area contributed by atoms with Crippen molar-refractivity contribution in [1.82, 2.24) is 9.97 Å². The van der Waals surface area contributed by atoms with E-state index in [2.05, 4.69) is 122 Å². The lowest BCUT2D eigenvalue weighted by Gasteiger charge is -2.39. The number of rotatable bonds is 7. The van der Waals surface area contributed by atoms with Crippen molar-refractivity contribution in [3.8, 4) is 28.1 Å². The average molecular weight is 941 g/mol. The second-order valence-corrected chi connectivity index (χ2v) is 21.6. The summed E-state index contributed by atoms with van der Waals surface area (Å²) in [5, 5.41) is 24.5. The van der Waals surface area contributed by atoms with Crippen LogP contribution in [-0.4, -0.2) is 45.6 Å². The van der Waals surface area contributed by atoms with Gasteiger partial charge in [0, 0.05) is 34.3 Å². The summed E-state index contributed by atoms with van der Waals surface area (Å²) < 4.78 is 5.81.